The van der Waals surface area contributed by atoms with Crippen LogP contribution in [0.2, 0.25) is 0 Å². The highest BCUT2D eigenvalue weighted by atomic mass is 16.5. The molecule has 1 aliphatic carbocycles. The van der Waals surface area contributed by atoms with Crippen molar-refractivity contribution in [2.24, 2.45) is 5.92 Å². The zero-order chi connectivity index (χ0) is 17.8. The second kappa shape index (κ2) is 7.34. The molecule has 2 aromatic rings. The molecule has 25 heavy (non-hydrogen) atoms. The molecule has 0 saturated heterocycles. The maximum Gasteiger partial charge on any atom is 0.251 e. The molecule has 1 atom stereocenters. The first-order valence-corrected chi connectivity index (χ1v) is 8.28. The van der Waals surface area contributed by atoms with Gasteiger partial charge in [-0.25, -0.2) is 0 Å². The summed E-state index contributed by atoms with van der Waals surface area (Å²) in [6.07, 6.45) is 5.21. The minimum Gasteiger partial charge on any atom is -0.495 e. The molecule has 1 heterocycles. The van der Waals surface area contributed by atoms with E-state index < -0.39 is 0 Å². The minimum absolute atomic E-state index is 0.0515. The van der Waals surface area contributed by atoms with Gasteiger partial charge in [0.15, 0.2) is 0 Å². The van der Waals surface area contributed by atoms with Gasteiger partial charge in [0, 0.05) is 28.9 Å². The van der Waals surface area contributed by atoms with Crippen molar-refractivity contribution in [2.75, 3.05) is 12.4 Å². The van der Waals surface area contributed by atoms with Crippen LogP contribution in [0.3, 0.4) is 0 Å². The van der Waals surface area contributed by atoms with Gasteiger partial charge >= 0.3 is 0 Å². The van der Waals surface area contributed by atoms with Crippen molar-refractivity contribution < 1.29 is 14.3 Å². The smallest absolute Gasteiger partial charge is 0.251 e. The molecule has 1 fully saturated rings. The van der Waals surface area contributed by atoms with Crippen LogP contribution < -0.4 is 15.4 Å². The Kier molecular flexibility index (Phi) is 4.97. The first-order valence-electron chi connectivity index (χ1n) is 8.28. The predicted molar refractivity (Wildman–Crippen MR) is 94.5 cm³/mol. The Hall–Kier alpha value is -2.89. The number of nitrogens with zero attached hydrogens (tertiary/aromatic N) is 1. The normalized spacial score (nSPS) is 14.5. The molecule has 3 rings (SSSR count). The number of hydrogen-bond acceptors (Lipinski definition) is 4. The highest BCUT2D eigenvalue weighted by molar-refractivity contribution is 5.97. The van der Waals surface area contributed by atoms with E-state index in [0.717, 1.165) is 18.4 Å². The van der Waals surface area contributed by atoms with E-state index in [1.807, 2.05) is 13.0 Å². The first-order chi connectivity index (χ1) is 12.1. The lowest BCUT2D eigenvalue weighted by Gasteiger charge is -2.17. The molecule has 1 aliphatic rings. The van der Waals surface area contributed by atoms with E-state index in [9.17, 15) is 9.59 Å². The van der Waals surface area contributed by atoms with Crippen LogP contribution in [0.15, 0.2) is 42.7 Å². The zero-order valence-electron chi connectivity index (χ0n) is 14.3. The Labute approximate surface area is 146 Å². The highest BCUT2D eigenvalue weighted by Crippen LogP contribution is 2.30. The highest BCUT2D eigenvalue weighted by Gasteiger charge is 2.29. The van der Waals surface area contributed by atoms with Crippen LogP contribution in [-0.4, -0.2) is 23.9 Å². The van der Waals surface area contributed by atoms with Gasteiger partial charge in [0.05, 0.1) is 19.3 Å². The third-order valence-electron chi connectivity index (χ3n) is 4.21. The van der Waals surface area contributed by atoms with Gasteiger partial charge in [0.2, 0.25) is 5.91 Å². The summed E-state index contributed by atoms with van der Waals surface area (Å²) in [5.41, 5.74) is 2.10. The van der Waals surface area contributed by atoms with Gasteiger partial charge in [-0.15, -0.1) is 0 Å². The largest absolute Gasteiger partial charge is 0.495 e. The predicted octanol–water partition coefficient (Wildman–Crippen LogP) is 2.93. The topological polar surface area (TPSA) is 80.3 Å². The molecule has 2 amide bonds. The summed E-state index contributed by atoms with van der Waals surface area (Å²) >= 11 is 0. The van der Waals surface area contributed by atoms with Crippen molar-refractivity contribution in [1.29, 1.82) is 0 Å². The van der Waals surface area contributed by atoms with Gasteiger partial charge in [-0.2, -0.15) is 0 Å². The first kappa shape index (κ1) is 17.0. The van der Waals surface area contributed by atoms with E-state index in [1.54, 1.807) is 43.8 Å². The SMILES string of the molecule is COc1cnccc1C(C)NC(=O)c1ccc(NC(=O)C2CC2)cc1. The quantitative estimate of drug-likeness (QED) is 0.848. The molecule has 130 valence electrons. The van der Waals surface area contributed by atoms with Crippen molar-refractivity contribution in [3.05, 3.63) is 53.9 Å². The van der Waals surface area contributed by atoms with Crippen LogP contribution in [0.25, 0.3) is 0 Å². The van der Waals surface area contributed by atoms with E-state index in [1.165, 1.54) is 0 Å². The third-order valence-corrected chi connectivity index (χ3v) is 4.21. The van der Waals surface area contributed by atoms with Gasteiger partial charge in [0.25, 0.3) is 5.91 Å². The standard InChI is InChI=1S/C19H21N3O3/c1-12(16-9-10-20-11-17(16)25-2)21-18(23)14-5-7-15(8-6-14)22-19(24)13-3-4-13/h5-13H,3-4H2,1-2H3,(H,21,23)(H,22,24). The second-order valence-corrected chi connectivity index (χ2v) is 6.15. The number of benzene rings is 1. The number of aromatic nitrogens is 1. The van der Waals surface area contributed by atoms with E-state index >= 15 is 0 Å². The van der Waals surface area contributed by atoms with E-state index in [2.05, 4.69) is 15.6 Å². The molecular formula is C19H21N3O3. The summed E-state index contributed by atoms with van der Waals surface area (Å²) in [5.74, 6) is 0.648. The number of nitrogens with one attached hydrogen (secondary N) is 2. The second-order valence-electron chi connectivity index (χ2n) is 6.15. The molecule has 1 saturated carbocycles. The summed E-state index contributed by atoms with van der Waals surface area (Å²) in [7, 11) is 1.57. The van der Waals surface area contributed by atoms with Crippen LogP contribution in [0.1, 0.15) is 41.7 Å². The molecule has 0 spiro atoms. The molecule has 1 aromatic carbocycles. The number of ether oxygens (including phenoxy) is 1. The molecule has 6 nitrogen and oxygen atoms in total. The Morgan fingerprint density at radius 1 is 1.20 bits per heavy atom. The summed E-state index contributed by atoms with van der Waals surface area (Å²) in [6.45, 7) is 1.89. The summed E-state index contributed by atoms with van der Waals surface area (Å²) in [4.78, 5) is 28.2. The maximum absolute atomic E-state index is 12.4. The number of pyridine rings is 1. The van der Waals surface area contributed by atoms with E-state index in [-0.39, 0.29) is 23.8 Å². The van der Waals surface area contributed by atoms with Gasteiger partial charge in [-0.05, 0) is 50.1 Å². The van der Waals surface area contributed by atoms with Crippen LogP contribution >= 0.6 is 0 Å². The zero-order valence-corrected chi connectivity index (χ0v) is 14.3. The van der Waals surface area contributed by atoms with Crippen LogP contribution in [0.4, 0.5) is 5.69 Å². The number of methoxy groups -OCH3 is 1. The number of hydrogen-bond donors (Lipinski definition) is 2. The molecule has 0 aliphatic heterocycles. The monoisotopic (exact) mass is 339 g/mol. The van der Waals surface area contributed by atoms with Crippen molar-refractivity contribution in [3.8, 4) is 5.75 Å². The van der Waals surface area contributed by atoms with Crippen molar-refractivity contribution in [2.45, 2.75) is 25.8 Å². The number of amides is 2. The average Bonchev–Trinajstić information content (AvgIpc) is 3.47. The van der Waals surface area contributed by atoms with E-state index in [0.29, 0.717) is 17.0 Å². The van der Waals surface area contributed by atoms with E-state index in [4.69, 9.17) is 4.74 Å². The number of anilines is 1. The van der Waals surface area contributed by atoms with Gasteiger partial charge in [-0.1, -0.05) is 0 Å². The Balaban J connectivity index is 1.63. The van der Waals surface area contributed by atoms with Gasteiger partial charge in [0.1, 0.15) is 5.75 Å². The molecule has 1 unspecified atom stereocenters. The summed E-state index contributed by atoms with van der Waals surface area (Å²) in [6, 6.07) is 8.49. The molecule has 6 heteroatoms. The molecule has 2 N–H and O–H groups in total. The summed E-state index contributed by atoms with van der Waals surface area (Å²) < 4.78 is 5.28. The van der Waals surface area contributed by atoms with Crippen molar-refractivity contribution in [1.82, 2.24) is 10.3 Å². The van der Waals surface area contributed by atoms with Crippen LogP contribution in [0, 0.1) is 5.92 Å². The van der Waals surface area contributed by atoms with Gasteiger partial charge in [-0.3, -0.25) is 14.6 Å². The fourth-order valence-corrected chi connectivity index (χ4v) is 2.57. The average molecular weight is 339 g/mol. The minimum atomic E-state index is -0.223. The fourth-order valence-electron chi connectivity index (χ4n) is 2.57. The number of rotatable bonds is 6. The molecule has 1 aromatic heterocycles. The lowest BCUT2D eigenvalue weighted by atomic mass is 10.1. The van der Waals surface area contributed by atoms with Crippen LogP contribution in [0.5, 0.6) is 5.75 Å². The molecule has 0 radical (unpaired) electrons. The number of carbonyl (C=O) groups excluding carboxylic acids is 2. The Morgan fingerprint density at radius 2 is 1.92 bits per heavy atom. The Bertz CT molecular complexity index is 770. The van der Waals surface area contributed by atoms with Crippen molar-refractivity contribution >= 4 is 17.5 Å². The Morgan fingerprint density at radius 3 is 2.56 bits per heavy atom. The molecule has 0 bridgehead atoms. The molecular weight excluding hydrogens is 318 g/mol. The van der Waals surface area contributed by atoms with Crippen molar-refractivity contribution in [3.63, 3.8) is 0 Å². The lowest BCUT2D eigenvalue weighted by Crippen LogP contribution is -2.27. The van der Waals surface area contributed by atoms with Crippen LogP contribution in [-0.2, 0) is 4.79 Å². The fraction of sp³-hybridized carbons (Fsp3) is 0.316. The lowest BCUT2D eigenvalue weighted by molar-refractivity contribution is -0.117. The number of carbonyl (C=O) groups is 2. The third kappa shape index (κ3) is 4.15. The summed E-state index contributed by atoms with van der Waals surface area (Å²) in [5, 5.41) is 5.80. The van der Waals surface area contributed by atoms with Gasteiger partial charge < -0.3 is 15.4 Å². The maximum atomic E-state index is 12.4.